The van der Waals surface area contributed by atoms with Crippen molar-refractivity contribution in [1.29, 1.82) is 0 Å². The summed E-state index contributed by atoms with van der Waals surface area (Å²) in [5.74, 6) is 1.50. The molecule has 8 nitrogen and oxygen atoms in total. The van der Waals surface area contributed by atoms with Gasteiger partial charge in [0.15, 0.2) is 5.76 Å². The first-order chi connectivity index (χ1) is 16.0. The lowest BCUT2D eigenvalue weighted by atomic mass is 10.1. The SMILES string of the molecule is Cc1cc(CN2CCN(C)CC2)ccc1OC1CN(C(=O)N2NC=C(c3ccccc3)O2)C1. The van der Waals surface area contributed by atoms with E-state index in [2.05, 4.69) is 47.4 Å². The fourth-order valence-electron chi connectivity index (χ4n) is 4.28. The molecule has 0 atom stereocenters. The summed E-state index contributed by atoms with van der Waals surface area (Å²) >= 11 is 0. The zero-order chi connectivity index (χ0) is 22.8. The average molecular weight is 450 g/mol. The normalized spacial score (nSPS) is 19.5. The molecule has 0 spiro atoms. The third-order valence-corrected chi connectivity index (χ3v) is 6.39. The average Bonchev–Trinajstić information content (AvgIpc) is 3.29. The van der Waals surface area contributed by atoms with Gasteiger partial charge in [0.2, 0.25) is 0 Å². The van der Waals surface area contributed by atoms with Crippen molar-refractivity contribution in [1.82, 2.24) is 25.3 Å². The highest BCUT2D eigenvalue weighted by molar-refractivity contribution is 5.76. The largest absolute Gasteiger partial charge is 0.486 e. The molecule has 2 saturated heterocycles. The van der Waals surface area contributed by atoms with Crippen molar-refractivity contribution in [2.75, 3.05) is 46.3 Å². The minimum Gasteiger partial charge on any atom is -0.486 e. The Balaban J connectivity index is 1.08. The van der Waals surface area contributed by atoms with E-state index in [0.717, 1.165) is 54.8 Å². The second kappa shape index (κ2) is 9.33. The van der Waals surface area contributed by atoms with E-state index in [0.29, 0.717) is 18.8 Å². The van der Waals surface area contributed by atoms with Crippen LogP contribution in [0.4, 0.5) is 4.79 Å². The first-order valence-corrected chi connectivity index (χ1v) is 11.5. The molecule has 8 heteroatoms. The Morgan fingerprint density at radius 2 is 1.85 bits per heavy atom. The van der Waals surface area contributed by atoms with Crippen molar-refractivity contribution >= 4 is 11.8 Å². The van der Waals surface area contributed by atoms with Crippen LogP contribution in [0, 0.1) is 6.92 Å². The predicted molar refractivity (Wildman–Crippen MR) is 126 cm³/mol. The predicted octanol–water partition coefficient (Wildman–Crippen LogP) is 2.68. The summed E-state index contributed by atoms with van der Waals surface area (Å²) in [7, 11) is 2.18. The molecular weight excluding hydrogens is 418 g/mol. The first-order valence-electron chi connectivity index (χ1n) is 11.5. The van der Waals surface area contributed by atoms with Crippen LogP contribution < -0.4 is 10.2 Å². The van der Waals surface area contributed by atoms with Crippen molar-refractivity contribution in [2.24, 2.45) is 0 Å². The molecule has 1 N–H and O–H groups in total. The summed E-state index contributed by atoms with van der Waals surface area (Å²) in [6.45, 7) is 8.59. The first kappa shape index (κ1) is 21.6. The van der Waals surface area contributed by atoms with E-state index in [4.69, 9.17) is 9.57 Å². The Hall–Kier alpha value is -3.23. The number of hydroxylamine groups is 1. The van der Waals surface area contributed by atoms with Crippen LogP contribution in [0.3, 0.4) is 0 Å². The molecule has 174 valence electrons. The molecule has 2 aromatic carbocycles. The van der Waals surface area contributed by atoms with Crippen molar-refractivity contribution < 1.29 is 14.4 Å². The van der Waals surface area contributed by atoms with E-state index in [1.165, 1.54) is 5.56 Å². The highest BCUT2D eigenvalue weighted by Crippen LogP contribution is 2.26. The molecule has 5 rings (SSSR count). The lowest BCUT2D eigenvalue weighted by molar-refractivity contribution is -0.0809. The molecule has 0 aromatic heterocycles. The minimum absolute atomic E-state index is 0.0136. The zero-order valence-electron chi connectivity index (χ0n) is 19.2. The van der Waals surface area contributed by atoms with E-state index in [9.17, 15) is 4.79 Å². The highest BCUT2D eigenvalue weighted by Gasteiger charge is 2.37. The van der Waals surface area contributed by atoms with Gasteiger partial charge < -0.3 is 19.4 Å². The minimum atomic E-state index is -0.226. The van der Waals surface area contributed by atoms with Gasteiger partial charge in [0.1, 0.15) is 11.9 Å². The molecule has 2 fully saturated rings. The Morgan fingerprint density at radius 3 is 2.58 bits per heavy atom. The summed E-state index contributed by atoms with van der Waals surface area (Å²) in [5.41, 5.74) is 6.24. The standard InChI is InChI=1S/C25H31N5O3/c1-19-14-20(16-28-12-10-27(2)11-13-28)8-9-23(19)32-22-17-29(18-22)25(31)30-26-15-24(33-30)21-6-4-3-5-7-21/h3-9,14-15,22,26H,10-13,16-18H2,1-2H3. The van der Waals surface area contributed by atoms with Crippen LogP contribution in [0.25, 0.3) is 5.76 Å². The van der Waals surface area contributed by atoms with Crippen LogP contribution in [-0.4, -0.2) is 78.3 Å². The van der Waals surface area contributed by atoms with Crippen molar-refractivity contribution in [3.63, 3.8) is 0 Å². The molecule has 3 aliphatic heterocycles. The van der Waals surface area contributed by atoms with E-state index in [-0.39, 0.29) is 12.1 Å². The lowest BCUT2D eigenvalue weighted by Crippen LogP contribution is -2.60. The number of hydrazine groups is 1. The molecule has 2 amide bonds. The van der Waals surface area contributed by atoms with Crippen LogP contribution in [-0.2, 0) is 11.4 Å². The van der Waals surface area contributed by atoms with Crippen LogP contribution in [0.2, 0.25) is 0 Å². The number of ether oxygens (including phenoxy) is 1. The van der Waals surface area contributed by atoms with Gasteiger partial charge in [0, 0.05) is 38.3 Å². The van der Waals surface area contributed by atoms with E-state index < -0.39 is 0 Å². The lowest BCUT2D eigenvalue weighted by Gasteiger charge is -2.40. The third-order valence-electron chi connectivity index (χ3n) is 6.39. The maximum absolute atomic E-state index is 12.7. The molecule has 0 aliphatic carbocycles. The number of carbonyl (C=O) groups excluding carboxylic acids is 1. The Morgan fingerprint density at radius 1 is 1.09 bits per heavy atom. The van der Waals surface area contributed by atoms with Crippen LogP contribution in [0.1, 0.15) is 16.7 Å². The number of likely N-dealkylation sites (N-methyl/N-ethyl adjacent to an activating group) is 1. The Labute approximate surface area is 194 Å². The van der Waals surface area contributed by atoms with Gasteiger partial charge in [-0.05, 0) is 31.2 Å². The monoisotopic (exact) mass is 449 g/mol. The molecule has 0 radical (unpaired) electrons. The molecule has 2 aromatic rings. The number of piperazine rings is 1. The van der Waals surface area contributed by atoms with Crippen LogP contribution in [0.15, 0.2) is 54.7 Å². The van der Waals surface area contributed by atoms with Crippen molar-refractivity contribution in [3.8, 4) is 5.75 Å². The number of carbonyl (C=O) groups is 1. The molecule has 33 heavy (non-hydrogen) atoms. The van der Waals surface area contributed by atoms with Crippen LogP contribution in [0.5, 0.6) is 5.75 Å². The molecule has 0 bridgehead atoms. The fraction of sp³-hybridized carbons (Fsp3) is 0.400. The molecule has 3 aliphatic rings. The molecule has 0 unspecified atom stereocenters. The molecule has 0 saturated carbocycles. The summed E-state index contributed by atoms with van der Waals surface area (Å²) in [6, 6.07) is 15.9. The van der Waals surface area contributed by atoms with Gasteiger partial charge >= 0.3 is 6.03 Å². The second-order valence-electron chi connectivity index (χ2n) is 9.00. The number of nitrogens with one attached hydrogen (secondary N) is 1. The van der Waals surface area contributed by atoms with E-state index in [1.807, 2.05) is 30.3 Å². The number of urea groups is 1. The number of amides is 2. The van der Waals surface area contributed by atoms with Gasteiger partial charge in [0.05, 0.1) is 19.3 Å². The van der Waals surface area contributed by atoms with Gasteiger partial charge in [-0.25, -0.2) is 4.79 Å². The second-order valence-corrected chi connectivity index (χ2v) is 9.00. The van der Waals surface area contributed by atoms with Crippen molar-refractivity contribution in [2.45, 2.75) is 19.6 Å². The number of hydrogen-bond donors (Lipinski definition) is 1. The zero-order valence-corrected chi connectivity index (χ0v) is 19.2. The number of likely N-dealkylation sites (tertiary alicyclic amines) is 1. The number of nitrogens with zero attached hydrogens (tertiary/aromatic N) is 4. The Bertz CT molecular complexity index is 1010. The number of aryl methyl sites for hydroxylation is 1. The summed E-state index contributed by atoms with van der Waals surface area (Å²) in [6.07, 6.45) is 1.67. The third kappa shape index (κ3) is 4.91. The highest BCUT2D eigenvalue weighted by atomic mass is 16.7. The maximum atomic E-state index is 12.7. The van der Waals surface area contributed by atoms with E-state index >= 15 is 0 Å². The van der Waals surface area contributed by atoms with Gasteiger partial charge in [-0.1, -0.05) is 47.6 Å². The van der Waals surface area contributed by atoms with Gasteiger partial charge in [-0.2, -0.15) is 0 Å². The number of benzene rings is 2. The number of hydrogen-bond acceptors (Lipinski definition) is 6. The van der Waals surface area contributed by atoms with Crippen molar-refractivity contribution in [3.05, 3.63) is 71.4 Å². The topological polar surface area (TPSA) is 60.5 Å². The summed E-state index contributed by atoms with van der Waals surface area (Å²) in [5, 5.41) is 1.16. The number of rotatable bonds is 5. The fourth-order valence-corrected chi connectivity index (χ4v) is 4.28. The molecular formula is C25H31N5O3. The molecule has 3 heterocycles. The maximum Gasteiger partial charge on any atom is 0.373 e. The smallest absolute Gasteiger partial charge is 0.373 e. The van der Waals surface area contributed by atoms with E-state index in [1.54, 1.807) is 11.1 Å². The summed E-state index contributed by atoms with van der Waals surface area (Å²) in [4.78, 5) is 24.9. The van der Waals surface area contributed by atoms with Gasteiger partial charge in [-0.15, -0.1) is 0 Å². The van der Waals surface area contributed by atoms with Crippen LogP contribution >= 0.6 is 0 Å². The quantitative estimate of drug-likeness (QED) is 0.758. The van der Waals surface area contributed by atoms with Gasteiger partial charge in [0.25, 0.3) is 0 Å². The Kier molecular flexibility index (Phi) is 6.11. The summed E-state index contributed by atoms with van der Waals surface area (Å²) < 4.78 is 6.17. The van der Waals surface area contributed by atoms with Gasteiger partial charge in [-0.3, -0.25) is 10.3 Å².